The van der Waals surface area contributed by atoms with Gasteiger partial charge in [0.05, 0.1) is 24.4 Å². The zero-order chi connectivity index (χ0) is 25.4. The van der Waals surface area contributed by atoms with Crippen LogP contribution in [0.25, 0.3) is 0 Å². The molecule has 0 aliphatic carbocycles. The summed E-state index contributed by atoms with van der Waals surface area (Å²) < 4.78 is 28.5. The number of dihydropyridines is 1. The highest BCUT2D eigenvalue weighted by atomic mass is 19.1. The molecule has 184 valence electrons. The second-order valence-electron chi connectivity index (χ2n) is 7.56. The van der Waals surface area contributed by atoms with Crippen LogP contribution in [-0.2, 0) is 39.9 Å². The highest BCUT2D eigenvalue weighted by Crippen LogP contribution is 2.32. The van der Waals surface area contributed by atoms with Crippen LogP contribution >= 0.6 is 0 Å². The largest absolute Gasteiger partial charge is 0.463 e. The third kappa shape index (κ3) is 6.43. The van der Waals surface area contributed by atoms with Gasteiger partial charge in [0.25, 0.3) is 5.91 Å². The number of carbonyl (C=O) groups is 4. The topological polar surface area (TPSA) is 111 Å². The summed E-state index contributed by atoms with van der Waals surface area (Å²) in [7, 11) is 1.51. The van der Waals surface area contributed by atoms with Gasteiger partial charge in [-0.3, -0.25) is 9.59 Å². The zero-order valence-electron chi connectivity index (χ0n) is 19.9. The molecule has 1 N–H and O–H groups in total. The predicted octanol–water partition coefficient (Wildman–Crippen LogP) is 2.22. The number of rotatable bonds is 9. The summed E-state index contributed by atoms with van der Waals surface area (Å²) in [4.78, 5) is 52.2. The van der Waals surface area contributed by atoms with Crippen molar-refractivity contribution in [3.8, 4) is 0 Å². The second-order valence-corrected chi connectivity index (χ2v) is 7.56. The first-order chi connectivity index (χ1) is 16.1. The molecule has 2 rings (SSSR count). The minimum absolute atomic E-state index is 0.0570. The fourth-order valence-electron chi connectivity index (χ4n) is 3.47. The number of halogens is 1. The number of allylic oxidation sites excluding steroid dienone is 2. The number of nitrogens with zero attached hydrogens (tertiary/aromatic N) is 1. The van der Waals surface area contributed by atoms with Crippen molar-refractivity contribution in [1.82, 2.24) is 10.2 Å². The molecule has 0 saturated heterocycles. The van der Waals surface area contributed by atoms with Crippen LogP contribution in [0.5, 0.6) is 0 Å². The first kappa shape index (κ1) is 26.6. The number of carbonyl (C=O) groups excluding carboxylic acids is 4. The Balaban J connectivity index is 2.22. The van der Waals surface area contributed by atoms with Gasteiger partial charge in [-0.1, -0.05) is 12.1 Å². The molecule has 0 saturated carbocycles. The number of amides is 1. The quantitative estimate of drug-likeness (QED) is 0.427. The maximum atomic E-state index is 13.1. The summed E-state index contributed by atoms with van der Waals surface area (Å²) in [6, 6.07) is 5.64. The molecule has 9 nitrogen and oxygen atoms in total. The van der Waals surface area contributed by atoms with Crippen LogP contribution in [0.1, 0.15) is 33.3 Å². The Morgan fingerprint density at radius 3 is 1.88 bits per heavy atom. The van der Waals surface area contributed by atoms with Crippen molar-refractivity contribution in [2.45, 2.75) is 34.2 Å². The summed E-state index contributed by atoms with van der Waals surface area (Å²) >= 11 is 0. The van der Waals surface area contributed by atoms with Crippen molar-refractivity contribution in [2.24, 2.45) is 5.92 Å². The molecule has 1 aromatic carbocycles. The van der Waals surface area contributed by atoms with E-state index in [9.17, 15) is 23.6 Å². The normalized spacial score (nSPS) is 13.8. The van der Waals surface area contributed by atoms with Crippen LogP contribution in [0.3, 0.4) is 0 Å². The Hall–Kier alpha value is -3.69. The molecule has 10 heteroatoms. The Morgan fingerprint density at radius 1 is 0.912 bits per heavy atom. The minimum atomic E-state index is -1.42. The summed E-state index contributed by atoms with van der Waals surface area (Å²) in [5.41, 5.74) is 1.16. The molecular weight excluding hydrogens is 447 g/mol. The van der Waals surface area contributed by atoms with E-state index < -0.39 is 42.2 Å². The van der Waals surface area contributed by atoms with E-state index in [1.54, 1.807) is 39.8 Å². The van der Waals surface area contributed by atoms with Crippen molar-refractivity contribution in [2.75, 3.05) is 26.9 Å². The number of esters is 3. The van der Waals surface area contributed by atoms with Gasteiger partial charge in [-0.2, -0.15) is 0 Å². The average molecular weight is 477 g/mol. The number of benzene rings is 1. The molecule has 0 unspecified atom stereocenters. The number of hydrogen-bond donors (Lipinski definition) is 1. The van der Waals surface area contributed by atoms with Crippen LogP contribution in [0.2, 0.25) is 0 Å². The Bertz CT molecular complexity index is 975. The van der Waals surface area contributed by atoms with Crippen LogP contribution in [0, 0.1) is 11.7 Å². The van der Waals surface area contributed by atoms with E-state index in [4.69, 9.17) is 14.2 Å². The summed E-state index contributed by atoms with van der Waals surface area (Å²) in [6.07, 6.45) is 0. The van der Waals surface area contributed by atoms with Crippen LogP contribution < -0.4 is 5.32 Å². The van der Waals surface area contributed by atoms with E-state index in [-0.39, 0.29) is 30.9 Å². The van der Waals surface area contributed by atoms with Crippen LogP contribution in [0.4, 0.5) is 4.39 Å². The molecule has 1 aromatic rings. The molecule has 0 spiro atoms. The monoisotopic (exact) mass is 476 g/mol. The van der Waals surface area contributed by atoms with Crippen molar-refractivity contribution in [3.05, 3.63) is 58.2 Å². The lowest BCUT2D eigenvalue weighted by Gasteiger charge is -2.28. The molecule has 1 aliphatic rings. The maximum Gasteiger partial charge on any atom is 0.337 e. The van der Waals surface area contributed by atoms with Gasteiger partial charge < -0.3 is 24.4 Å². The number of hydrogen-bond acceptors (Lipinski definition) is 8. The lowest BCUT2D eigenvalue weighted by Crippen LogP contribution is -2.39. The smallest absolute Gasteiger partial charge is 0.337 e. The van der Waals surface area contributed by atoms with Crippen LogP contribution in [-0.4, -0.2) is 55.6 Å². The summed E-state index contributed by atoms with van der Waals surface area (Å²) in [6.45, 7) is 6.03. The van der Waals surface area contributed by atoms with Crippen molar-refractivity contribution in [3.63, 3.8) is 0 Å². The molecule has 0 radical (unpaired) electrons. The highest BCUT2D eigenvalue weighted by molar-refractivity contribution is 6.05. The molecule has 0 aromatic heterocycles. The second kappa shape index (κ2) is 12.0. The van der Waals surface area contributed by atoms with E-state index in [1.165, 1.54) is 24.1 Å². The Kier molecular flexibility index (Phi) is 9.35. The van der Waals surface area contributed by atoms with Crippen molar-refractivity contribution in [1.29, 1.82) is 0 Å². The van der Waals surface area contributed by atoms with Gasteiger partial charge in [-0.05, 0) is 45.4 Å². The Morgan fingerprint density at radius 2 is 1.41 bits per heavy atom. The molecule has 1 aliphatic heterocycles. The molecule has 0 bridgehead atoms. The predicted molar refractivity (Wildman–Crippen MR) is 119 cm³/mol. The van der Waals surface area contributed by atoms with Gasteiger partial charge in [0.2, 0.25) is 0 Å². The molecule has 0 fully saturated rings. The van der Waals surface area contributed by atoms with E-state index in [1.807, 2.05) is 0 Å². The third-order valence-corrected chi connectivity index (χ3v) is 5.08. The molecular formula is C24H29FN2O7. The zero-order valence-corrected chi connectivity index (χ0v) is 19.9. The fraction of sp³-hybridized carbons (Fsp3) is 0.417. The highest BCUT2D eigenvalue weighted by Gasteiger charge is 2.42. The van der Waals surface area contributed by atoms with Gasteiger partial charge in [0.1, 0.15) is 11.7 Å². The summed E-state index contributed by atoms with van der Waals surface area (Å²) in [5, 5.41) is 2.91. The first-order valence-corrected chi connectivity index (χ1v) is 10.8. The van der Waals surface area contributed by atoms with E-state index in [0.717, 1.165) is 0 Å². The fourth-order valence-corrected chi connectivity index (χ4v) is 3.47. The molecule has 1 amide bonds. The van der Waals surface area contributed by atoms with Gasteiger partial charge >= 0.3 is 17.9 Å². The van der Waals surface area contributed by atoms with E-state index in [2.05, 4.69) is 5.32 Å². The van der Waals surface area contributed by atoms with Gasteiger partial charge in [-0.15, -0.1) is 0 Å². The van der Waals surface area contributed by atoms with Crippen molar-refractivity contribution < 1.29 is 37.8 Å². The molecule has 0 atom stereocenters. The van der Waals surface area contributed by atoms with Gasteiger partial charge in [0.15, 0.2) is 6.61 Å². The maximum absolute atomic E-state index is 13.1. The average Bonchev–Trinajstić information content (AvgIpc) is 2.78. The number of ether oxygens (including phenoxy) is 3. The molecule has 34 heavy (non-hydrogen) atoms. The van der Waals surface area contributed by atoms with Crippen LogP contribution in [0.15, 0.2) is 46.8 Å². The lowest BCUT2D eigenvalue weighted by atomic mass is 9.85. The first-order valence-electron chi connectivity index (χ1n) is 10.8. The van der Waals surface area contributed by atoms with E-state index in [0.29, 0.717) is 17.0 Å². The number of nitrogens with one attached hydrogen (secondary N) is 1. The summed E-state index contributed by atoms with van der Waals surface area (Å²) in [5.74, 6) is -4.88. The standard InChI is InChI=1S/C24H29FN2O7/c1-6-32-22(29)19-14(3)26-15(4)20(23(30)33-7-2)21(19)24(31)34-13-18(28)27(5)12-16-8-10-17(25)11-9-16/h8-11,21,26H,6-7,12-13H2,1-5H3. The Labute approximate surface area is 197 Å². The minimum Gasteiger partial charge on any atom is -0.463 e. The number of likely N-dealkylation sites (N-methyl/N-ethyl adjacent to an activating group) is 1. The molecule has 1 heterocycles. The van der Waals surface area contributed by atoms with Crippen molar-refractivity contribution >= 4 is 23.8 Å². The van der Waals surface area contributed by atoms with Gasteiger partial charge in [0, 0.05) is 25.0 Å². The lowest BCUT2D eigenvalue weighted by molar-refractivity contribution is -0.156. The van der Waals surface area contributed by atoms with Gasteiger partial charge in [-0.25, -0.2) is 14.0 Å². The SMILES string of the molecule is CCOC(=O)C1=C(C)NC(C)=C(C(=O)OCC)C1C(=O)OCC(=O)N(C)Cc1ccc(F)cc1. The third-order valence-electron chi connectivity index (χ3n) is 5.08. The van der Waals surface area contributed by atoms with E-state index >= 15 is 0 Å².